The van der Waals surface area contributed by atoms with Gasteiger partial charge in [-0.1, -0.05) is 31.4 Å². The van der Waals surface area contributed by atoms with E-state index in [0.717, 1.165) is 42.7 Å². The van der Waals surface area contributed by atoms with Gasteiger partial charge in [0, 0.05) is 35.6 Å². The number of hydrogen-bond acceptors (Lipinski definition) is 5. The van der Waals surface area contributed by atoms with Gasteiger partial charge in [0.05, 0.1) is 0 Å². The van der Waals surface area contributed by atoms with Crippen LogP contribution in [0.3, 0.4) is 0 Å². The van der Waals surface area contributed by atoms with Crippen LogP contribution in [0.25, 0.3) is 0 Å². The van der Waals surface area contributed by atoms with Gasteiger partial charge in [-0.3, -0.25) is 0 Å². The number of allylic oxidation sites excluding steroid dienone is 2. The molecule has 2 aromatic carbocycles. The molecule has 0 fully saturated rings. The third kappa shape index (κ3) is 5.45. The first-order chi connectivity index (χ1) is 16.3. The number of benzene rings is 2. The van der Waals surface area contributed by atoms with Gasteiger partial charge in [-0.2, -0.15) is 0 Å². The van der Waals surface area contributed by atoms with E-state index < -0.39 is 0 Å². The Balaban J connectivity index is 1.58. The topological polar surface area (TPSA) is 68.2 Å². The van der Waals surface area contributed by atoms with Crippen molar-refractivity contribution in [2.75, 3.05) is 13.2 Å². The number of aryl methyl sites for hydroxylation is 1. The quantitative estimate of drug-likeness (QED) is 0.311. The molecule has 2 N–H and O–H groups in total. The molecule has 0 amide bonds. The molecule has 0 saturated carbocycles. The molecule has 0 saturated heterocycles. The highest BCUT2D eigenvalue weighted by molar-refractivity contribution is 5.54. The van der Waals surface area contributed by atoms with E-state index in [0.29, 0.717) is 24.9 Å². The Morgan fingerprint density at radius 3 is 2.47 bits per heavy atom. The number of unbranched alkanes of at least 4 members (excludes halogenated alkanes) is 2. The van der Waals surface area contributed by atoms with Crippen LogP contribution in [0.15, 0.2) is 42.0 Å². The maximum absolute atomic E-state index is 9.66. The van der Waals surface area contributed by atoms with Crippen molar-refractivity contribution in [3.05, 3.63) is 53.1 Å². The Bertz CT molecular complexity index is 1020. The first kappa shape index (κ1) is 24.3. The number of rotatable bonds is 9. The zero-order chi connectivity index (χ0) is 24.3. The molecule has 1 aliphatic heterocycles. The molecular weight excluding hydrogens is 428 g/mol. The van der Waals surface area contributed by atoms with E-state index in [1.54, 1.807) is 0 Å². The average molecular weight is 467 g/mol. The maximum Gasteiger partial charge on any atom is 0.127 e. The normalized spacial score (nSPS) is 20.5. The summed E-state index contributed by atoms with van der Waals surface area (Å²) in [6, 6.07) is 8.64. The molecule has 1 aliphatic carbocycles. The zero-order valence-corrected chi connectivity index (χ0v) is 20.9. The van der Waals surface area contributed by atoms with Crippen LogP contribution in [0, 0.1) is 5.92 Å². The molecule has 0 aromatic heterocycles. The maximum atomic E-state index is 9.66. The smallest absolute Gasteiger partial charge is 0.127 e. The highest BCUT2D eigenvalue weighted by Crippen LogP contribution is 2.53. The van der Waals surface area contributed by atoms with Crippen LogP contribution in [-0.4, -0.2) is 29.0 Å². The predicted octanol–water partition coefficient (Wildman–Crippen LogP) is 6.90. The number of phenols is 2. The SMILES string of the molecule is CCCCCc1cc(OCCOc2cc(O)cc(O)c2)c2c(c1)OC(C)(C)[C@@H]1CCC(C)=C[C@@H]21. The summed E-state index contributed by atoms with van der Waals surface area (Å²) in [6.45, 7) is 9.52. The second-order valence-electron chi connectivity index (χ2n) is 10.2. The molecule has 0 spiro atoms. The Morgan fingerprint density at radius 2 is 1.74 bits per heavy atom. The summed E-state index contributed by atoms with van der Waals surface area (Å²) in [5, 5.41) is 19.3. The van der Waals surface area contributed by atoms with Crippen LogP contribution < -0.4 is 14.2 Å². The van der Waals surface area contributed by atoms with Gasteiger partial charge in [-0.15, -0.1) is 0 Å². The van der Waals surface area contributed by atoms with Gasteiger partial charge in [0.25, 0.3) is 0 Å². The molecule has 184 valence electrons. The van der Waals surface area contributed by atoms with E-state index >= 15 is 0 Å². The fourth-order valence-electron chi connectivity index (χ4n) is 5.37. The third-order valence-corrected chi connectivity index (χ3v) is 7.07. The number of ether oxygens (including phenoxy) is 3. The highest BCUT2D eigenvalue weighted by atomic mass is 16.5. The van der Waals surface area contributed by atoms with Crippen LogP contribution >= 0.6 is 0 Å². The lowest BCUT2D eigenvalue weighted by Gasteiger charge is -2.46. The molecule has 0 bridgehead atoms. The Hall–Kier alpha value is -2.82. The molecule has 4 rings (SSSR count). The second-order valence-corrected chi connectivity index (χ2v) is 10.2. The van der Waals surface area contributed by atoms with Crippen molar-refractivity contribution in [1.82, 2.24) is 0 Å². The Labute approximate surface area is 203 Å². The molecule has 5 heteroatoms. The minimum atomic E-state index is -0.228. The molecule has 2 atom stereocenters. The molecule has 1 heterocycles. The molecule has 5 nitrogen and oxygen atoms in total. The monoisotopic (exact) mass is 466 g/mol. The van der Waals surface area contributed by atoms with Crippen LogP contribution in [0.4, 0.5) is 0 Å². The summed E-state index contributed by atoms with van der Waals surface area (Å²) < 4.78 is 18.7. The van der Waals surface area contributed by atoms with Crippen molar-refractivity contribution in [3.63, 3.8) is 0 Å². The van der Waals surface area contributed by atoms with E-state index in [4.69, 9.17) is 14.2 Å². The Kier molecular flexibility index (Phi) is 7.30. The average Bonchev–Trinajstić information content (AvgIpc) is 2.75. The fourth-order valence-corrected chi connectivity index (χ4v) is 5.37. The van der Waals surface area contributed by atoms with Gasteiger partial charge in [-0.25, -0.2) is 0 Å². The van der Waals surface area contributed by atoms with Crippen molar-refractivity contribution >= 4 is 0 Å². The standard InChI is InChI=1S/C29H38O5/c1-5-6-7-8-20-14-26(33-12-11-32-23-17-21(30)16-22(31)18-23)28-24-13-19(2)9-10-25(24)29(3,4)34-27(28)15-20/h13-18,24-25,30-31H,5-12H2,1-4H3/t24-,25-/m1/s1. The minimum Gasteiger partial charge on any atom is -0.508 e. The fraction of sp³-hybridized carbons (Fsp3) is 0.517. The van der Waals surface area contributed by atoms with Gasteiger partial charge < -0.3 is 24.4 Å². The zero-order valence-electron chi connectivity index (χ0n) is 20.9. The van der Waals surface area contributed by atoms with Gasteiger partial charge >= 0.3 is 0 Å². The summed E-state index contributed by atoms with van der Waals surface area (Å²) in [6.07, 6.45) is 9.17. The lowest BCUT2D eigenvalue weighted by Crippen LogP contribution is -2.45. The Morgan fingerprint density at radius 1 is 1.00 bits per heavy atom. The van der Waals surface area contributed by atoms with Crippen molar-refractivity contribution < 1.29 is 24.4 Å². The second kappa shape index (κ2) is 10.2. The van der Waals surface area contributed by atoms with Crippen molar-refractivity contribution in [3.8, 4) is 28.7 Å². The van der Waals surface area contributed by atoms with Gasteiger partial charge in [0.1, 0.15) is 47.6 Å². The van der Waals surface area contributed by atoms with Gasteiger partial charge in [-0.05, 0) is 64.2 Å². The lowest BCUT2D eigenvalue weighted by molar-refractivity contribution is 0.0103. The van der Waals surface area contributed by atoms with Crippen molar-refractivity contribution in [2.45, 2.75) is 77.7 Å². The van der Waals surface area contributed by atoms with E-state index in [2.05, 4.69) is 45.9 Å². The number of aromatic hydroxyl groups is 2. The van der Waals surface area contributed by atoms with E-state index in [9.17, 15) is 10.2 Å². The van der Waals surface area contributed by atoms with Crippen molar-refractivity contribution in [1.29, 1.82) is 0 Å². The number of fused-ring (bicyclic) bond motifs is 3. The van der Waals surface area contributed by atoms with Gasteiger partial charge in [0.2, 0.25) is 0 Å². The predicted molar refractivity (Wildman–Crippen MR) is 134 cm³/mol. The van der Waals surface area contributed by atoms with Crippen LogP contribution in [-0.2, 0) is 6.42 Å². The molecular formula is C29H38O5. The summed E-state index contributed by atoms with van der Waals surface area (Å²) in [5.41, 5.74) is 3.59. The van der Waals surface area contributed by atoms with E-state index in [1.165, 1.54) is 42.2 Å². The summed E-state index contributed by atoms with van der Waals surface area (Å²) in [5.74, 6) is 2.85. The van der Waals surface area contributed by atoms with Crippen LogP contribution in [0.2, 0.25) is 0 Å². The molecule has 2 aromatic rings. The molecule has 0 unspecified atom stereocenters. The lowest BCUT2D eigenvalue weighted by atomic mass is 9.68. The van der Waals surface area contributed by atoms with Crippen LogP contribution in [0.1, 0.15) is 76.8 Å². The summed E-state index contributed by atoms with van der Waals surface area (Å²) in [7, 11) is 0. The summed E-state index contributed by atoms with van der Waals surface area (Å²) >= 11 is 0. The summed E-state index contributed by atoms with van der Waals surface area (Å²) in [4.78, 5) is 0. The van der Waals surface area contributed by atoms with E-state index in [1.807, 2.05) is 0 Å². The number of hydrogen-bond donors (Lipinski definition) is 2. The first-order valence-electron chi connectivity index (χ1n) is 12.6. The largest absolute Gasteiger partial charge is 0.508 e. The minimum absolute atomic E-state index is 0.0324. The van der Waals surface area contributed by atoms with Crippen molar-refractivity contribution in [2.24, 2.45) is 5.92 Å². The van der Waals surface area contributed by atoms with E-state index in [-0.39, 0.29) is 23.0 Å². The molecule has 34 heavy (non-hydrogen) atoms. The highest BCUT2D eigenvalue weighted by Gasteiger charge is 2.45. The first-order valence-corrected chi connectivity index (χ1v) is 12.6. The molecule has 2 aliphatic rings. The van der Waals surface area contributed by atoms with Gasteiger partial charge in [0.15, 0.2) is 0 Å². The third-order valence-electron chi connectivity index (χ3n) is 7.07. The van der Waals surface area contributed by atoms with Crippen LogP contribution in [0.5, 0.6) is 28.7 Å². The molecule has 0 radical (unpaired) electrons. The number of phenolic OH excluding ortho intramolecular Hbond substituents is 2.